The van der Waals surface area contributed by atoms with Gasteiger partial charge in [-0.2, -0.15) is 0 Å². The van der Waals surface area contributed by atoms with Crippen molar-refractivity contribution in [1.82, 2.24) is 4.98 Å². The maximum absolute atomic E-state index is 12.7. The van der Waals surface area contributed by atoms with Gasteiger partial charge in [-0.3, -0.25) is 9.52 Å². The van der Waals surface area contributed by atoms with E-state index in [4.69, 9.17) is 4.74 Å². The molecule has 0 aliphatic carbocycles. The zero-order valence-corrected chi connectivity index (χ0v) is 18.9. The first-order chi connectivity index (χ1) is 15.4. The molecule has 0 saturated heterocycles. The number of nitrogens with one attached hydrogen (secondary N) is 2. The van der Waals surface area contributed by atoms with Crippen LogP contribution in [0.15, 0.2) is 77.7 Å². The summed E-state index contributed by atoms with van der Waals surface area (Å²) in [5.74, 6) is 0.422. The molecule has 0 unspecified atom stereocenters. The lowest BCUT2D eigenvalue weighted by Gasteiger charge is -2.10. The average molecular weight is 468 g/mol. The van der Waals surface area contributed by atoms with Gasteiger partial charge in [0.05, 0.1) is 27.2 Å². The number of aromatic nitrogens is 1. The molecule has 1 heterocycles. The highest BCUT2D eigenvalue weighted by Crippen LogP contribution is 2.23. The van der Waals surface area contributed by atoms with Crippen molar-refractivity contribution in [2.75, 3.05) is 17.1 Å². The first-order valence-electron chi connectivity index (χ1n) is 9.84. The topological polar surface area (TPSA) is 97.4 Å². The van der Waals surface area contributed by atoms with Crippen LogP contribution in [-0.4, -0.2) is 26.4 Å². The van der Waals surface area contributed by atoms with Gasteiger partial charge in [0.2, 0.25) is 5.91 Å². The molecule has 0 radical (unpaired) electrons. The van der Waals surface area contributed by atoms with Crippen LogP contribution < -0.4 is 14.8 Å². The number of hydrogen-bond acceptors (Lipinski definition) is 6. The van der Waals surface area contributed by atoms with Crippen LogP contribution in [-0.2, 0) is 21.2 Å². The summed E-state index contributed by atoms with van der Waals surface area (Å²) in [4.78, 5) is 17.0. The maximum Gasteiger partial charge on any atom is 0.261 e. The molecule has 1 aromatic heterocycles. The molecule has 0 aliphatic rings. The number of ether oxygens (including phenoxy) is 1. The second-order valence-electron chi connectivity index (χ2n) is 6.99. The highest BCUT2D eigenvalue weighted by molar-refractivity contribution is 7.92. The normalized spacial score (nSPS) is 11.3. The lowest BCUT2D eigenvalue weighted by Crippen LogP contribution is -2.15. The molecule has 3 aromatic carbocycles. The molecular formula is C23H21N3O4S2. The SMILES string of the molecule is COc1ccc(NS(=O)(=O)c2cccc(NC(=O)CCc3nc4ccccc4s3)c2)cc1. The average Bonchev–Trinajstić information content (AvgIpc) is 3.21. The highest BCUT2D eigenvalue weighted by Gasteiger charge is 2.15. The molecule has 0 spiro atoms. The number of thiazole rings is 1. The number of para-hydroxylation sites is 1. The molecule has 164 valence electrons. The molecule has 2 N–H and O–H groups in total. The largest absolute Gasteiger partial charge is 0.497 e. The predicted octanol–water partition coefficient (Wildman–Crippen LogP) is 4.68. The molecule has 1 amide bonds. The van der Waals surface area contributed by atoms with Gasteiger partial charge in [-0.05, 0) is 54.6 Å². The number of sulfonamides is 1. The fourth-order valence-corrected chi connectivity index (χ4v) is 5.16. The van der Waals surface area contributed by atoms with Crippen molar-refractivity contribution in [3.63, 3.8) is 0 Å². The molecule has 9 heteroatoms. The number of rotatable bonds is 8. The van der Waals surface area contributed by atoms with Crippen LogP contribution >= 0.6 is 11.3 Å². The van der Waals surface area contributed by atoms with E-state index >= 15 is 0 Å². The Balaban J connectivity index is 1.39. The number of amides is 1. The zero-order valence-electron chi connectivity index (χ0n) is 17.2. The standard InChI is InChI=1S/C23H21N3O4S2/c1-30-18-11-9-16(10-12-18)26-32(28,29)19-6-4-5-17(15-19)24-22(27)13-14-23-25-20-7-2-3-8-21(20)31-23/h2-12,15,26H,13-14H2,1H3,(H,24,27). The van der Waals surface area contributed by atoms with E-state index in [9.17, 15) is 13.2 Å². The third kappa shape index (κ3) is 5.24. The van der Waals surface area contributed by atoms with Gasteiger partial charge in [-0.15, -0.1) is 11.3 Å². The minimum Gasteiger partial charge on any atom is -0.497 e. The Morgan fingerprint density at radius 2 is 1.78 bits per heavy atom. The fourth-order valence-electron chi connectivity index (χ4n) is 3.08. The summed E-state index contributed by atoms with van der Waals surface area (Å²) in [6.45, 7) is 0. The highest BCUT2D eigenvalue weighted by atomic mass is 32.2. The molecule has 4 rings (SSSR count). The van der Waals surface area contributed by atoms with Crippen LogP contribution in [0.2, 0.25) is 0 Å². The van der Waals surface area contributed by atoms with Crippen molar-refractivity contribution in [3.8, 4) is 5.75 Å². The van der Waals surface area contributed by atoms with E-state index in [2.05, 4.69) is 15.0 Å². The van der Waals surface area contributed by atoms with Gasteiger partial charge < -0.3 is 10.1 Å². The van der Waals surface area contributed by atoms with Gasteiger partial charge in [0.25, 0.3) is 10.0 Å². The first kappa shape index (κ1) is 21.8. The monoisotopic (exact) mass is 467 g/mol. The van der Waals surface area contributed by atoms with E-state index in [0.29, 0.717) is 23.5 Å². The van der Waals surface area contributed by atoms with Gasteiger partial charge in [0.15, 0.2) is 0 Å². The lowest BCUT2D eigenvalue weighted by atomic mass is 10.2. The number of nitrogens with zero attached hydrogens (tertiary/aromatic N) is 1. The van der Waals surface area contributed by atoms with E-state index in [1.165, 1.54) is 19.2 Å². The number of hydrogen-bond donors (Lipinski definition) is 2. The summed E-state index contributed by atoms with van der Waals surface area (Å²) in [6.07, 6.45) is 0.767. The molecule has 4 aromatic rings. The van der Waals surface area contributed by atoms with Crippen molar-refractivity contribution in [2.45, 2.75) is 17.7 Å². The summed E-state index contributed by atoms with van der Waals surface area (Å²) in [7, 11) is -2.27. The number of aryl methyl sites for hydroxylation is 1. The van der Waals surface area contributed by atoms with Crippen molar-refractivity contribution in [3.05, 3.63) is 77.8 Å². The van der Waals surface area contributed by atoms with Crippen LogP contribution in [0.25, 0.3) is 10.2 Å². The van der Waals surface area contributed by atoms with Crippen LogP contribution in [0.4, 0.5) is 11.4 Å². The summed E-state index contributed by atoms with van der Waals surface area (Å²) < 4.78 is 34.1. The van der Waals surface area contributed by atoms with E-state index < -0.39 is 10.0 Å². The van der Waals surface area contributed by atoms with E-state index in [1.54, 1.807) is 47.7 Å². The lowest BCUT2D eigenvalue weighted by molar-refractivity contribution is -0.116. The molecule has 0 aliphatic heterocycles. The quantitative estimate of drug-likeness (QED) is 0.392. The summed E-state index contributed by atoms with van der Waals surface area (Å²) >= 11 is 1.57. The minimum absolute atomic E-state index is 0.0530. The molecule has 0 saturated carbocycles. The molecular weight excluding hydrogens is 446 g/mol. The Labute approximate surface area is 190 Å². The number of anilines is 2. The Morgan fingerprint density at radius 3 is 2.53 bits per heavy atom. The third-order valence-corrected chi connectivity index (χ3v) is 7.15. The van der Waals surface area contributed by atoms with Gasteiger partial charge in [0.1, 0.15) is 5.75 Å². The van der Waals surface area contributed by atoms with Gasteiger partial charge >= 0.3 is 0 Å². The number of methoxy groups -OCH3 is 1. The smallest absolute Gasteiger partial charge is 0.261 e. The minimum atomic E-state index is -3.81. The Hall–Kier alpha value is -3.43. The number of benzene rings is 3. The van der Waals surface area contributed by atoms with Gasteiger partial charge in [-0.25, -0.2) is 13.4 Å². The number of fused-ring (bicyclic) bond motifs is 1. The third-order valence-electron chi connectivity index (χ3n) is 4.67. The zero-order chi connectivity index (χ0) is 22.6. The Morgan fingerprint density at radius 1 is 1.00 bits per heavy atom. The van der Waals surface area contributed by atoms with Gasteiger partial charge in [0, 0.05) is 24.2 Å². The second kappa shape index (κ2) is 9.37. The molecule has 0 fully saturated rings. The maximum atomic E-state index is 12.7. The van der Waals surface area contributed by atoms with Crippen LogP contribution in [0, 0.1) is 0 Å². The second-order valence-corrected chi connectivity index (χ2v) is 9.78. The predicted molar refractivity (Wildman–Crippen MR) is 127 cm³/mol. The van der Waals surface area contributed by atoms with E-state index in [0.717, 1.165) is 15.2 Å². The number of carbonyl (C=O) groups excluding carboxylic acids is 1. The van der Waals surface area contributed by atoms with Crippen molar-refractivity contribution in [2.24, 2.45) is 0 Å². The molecule has 7 nitrogen and oxygen atoms in total. The number of carbonyl (C=O) groups is 1. The van der Waals surface area contributed by atoms with Crippen LogP contribution in [0.3, 0.4) is 0 Å². The van der Waals surface area contributed by atoms with Crippen molar-refractivity contribution >= 4 is 48.9 Å². The summed E-state index contributed by atoms with van der Waals surface area (Å²) in [5.41, 5.74) is 1.75. The van der Waals surface area contributed by atoms with E-state index in [-0.39, 0.29) is 17.2 Å². The molecule has 0 atom stereocenters. The van der Waals surface area contributed by atoms with Crippen molar-refractivity contribution < 1.29 is 17.9 Å². The molecule has 32 heavy (non-hydrogen) atoms. The van der Waals surface area contributed by atoms with Gasteiger partial charge in [-0.1, -0.05) is 18.2 Å². The summed E-state index contributed by atoms with van der Waals surface area (Å²) in [5, 5.41) is 3.66. The van der Waals surface area contributed by atoms with Crippen LogP contribution in [0.5, 0.6) is 5.75 Å². The van der Waals surface area contributed by atoms with Crippen LogP contribution in [0.1, 0.15) is 11.4 Å². The summed E-state index contributed by atoms with van der Waals surface area (Å²) in [6, 6.07) is 20.6. The Kier molecular flexibility index (Phi) is 6.38. The first-order valence-corrected chi connectivity index (χ1v) is 12.1. The fraction of sp³-hybridized carbons (Fsp3) is 0.130. The van der Waals surface area contributed by atoms with E-state index in [1.807, 2.05) is 24.3 Å². The Bertz CT molecular complexity index is 1320. The van der Waals surface area contributed by atoms with Crippen molar-refractivity contribution in [1.29, 1.82) is 0 Å². The molecule has 0 bridgehead atoms.